The van der Waals surface area contributed by atoms with Crippen LogP contribution in [0.2, 0.25) is 0 Å². The summed E-state index contributed by atoms with van der Waals surface area (Å²) < 4.78 is 14.8. The molecule has 0 N–H and O–H groups in total. The molecular weight excluding hydrogens is 358 g/mol. The molecular formula is C18H23NO8. The Balaban J connectivity index is 3.40. The third-order valence-electron chi connectivity index (χ3n) is 3.51. The number of carbonyl (C=O) groups excluding carboxylic acids is 3. The van der Waals surface area contributed by atoms with Gasteiger partial charge in [0, 0.05) is 12.5 Å². The summed E-state index contributed by atoms with van der Waals surface area (Å²) >= 11 is 0. The molecule has 0 aliphatic heterocycles. The Hall–Kier alpha value is -2.97. The highest BCUT2D eigenvalue weighted by atomic mass is 16.6. The molecule has 1 atom stereocenters. The molecule has 0 bridgehead atoms. The second kappa shape index (κ2) is 9.11. The molecule has 1 aromatic rings. The van der Waals surface area contributed by atoms with Gasteiger partial charge in [-0.1, -0.05) is 0 Å². The van der Waals surface area contributed by atoms with Crippen molar-refractivity contribution < 1.29 is 33.5 Å². The lowest BCUT2D eigenvalue weighted by atomic mass is 9.90. The summed E-state index contributed by atoms with van der Waals surface area (Å²) in [6, 6.07) is 3.76. The first-order valence-electron chi connectivity index (χ1n) is 8.15. The van der Waals surface area contributed by atoms with E-state index in [0.717, 1.165) is 6.07 Å². The summed E-state index contributed by atoms with van der Waals surface area (Å²) in [6.45, 7) is 4.84. The molecule has 0 amide bonds. The highest BCUT2D eigenvalue weighted by molar-refractivity contribution is 6.06. The fourth-order valence-electron chi connectivity index (χ4n) is 2.32. The zero-order valence-corrected chi connectivity index (χ0v) is 15.9. The first kappa shape index (κ1) is 22.1. The number of nitro benzene ring substituents is 1. The van der Waals surface area contributed by atoms with Crippen LogP contribution in [0.1, 0.15) is 45.1 Å². The molecule has 0 spiro atoms. The minimum atomic E-state index is -1.57. The van der Waals surface area contributed by atoms with Crippen molar-refractivity contribution in [3.05, 3.63) is 33.9 Å². The molecule has 0 heterocycles. The number of methoxy groups -OCH3 is 2. The van der Waals surface area contributed by atoms with E-state index in [1.807, 2.05) is 0 Å². The van der Waals surface area contributed by atoms with Crippen molar-refractivity contribution in [3.63, 3.8) is 0 Å². The van der Waals surface area contributed by atoms with Gasteiger partial charge in [-0.3, -0.25) is 24.5 Å². The molecule has 9 nitrogen and oxygen atoms in total. The summed E-state index contributed by atoms with van der Waals surface area (Å²) in [5.41, 5.74) is -1.48. The molecule has 0 fully saturated rings. The molecule has 1 aromatic carbocycles. The van der Waals surface area contributed by atoms with E-state index in [-0.39, 0.29) is 24.2 Å². The van der Waals surface area contributed by atoms with Crippen LogP contribution in [0.3, 0.4) is 0 Å². The van der Waals surface area contributed by atoms with Crippen LogP contribution in [0.4, 0.5) is 5.69 Å². The SMILES string of the molecule is COC(=O)CCC(=O)C(C(=O)OC(C)(C)C)c1cc(OC)ccc1[N+](=O)[O-]. The molecule has 0 aliphatic carbocycles. The maximum absolute atomic E-state index is 12.7. The smallest absolute Gasteiger partial charge is 0.321 e. The van der Waals surface area contributed by atoms with Gasteiger partial charge in [-0.15, -0.1) is 0 Å². The van der Waals surface area contributed by atoms with Gasteiger partial charge < -0.3 is 14.2 Å². The number of nitro groups is 1. The Morgan fingerprint density at radius 2 is 1.78 bits per heavy atom. The van der Waals surface area contributed by atoms with Gasteiger partial charge in [0.25, 0.3) is 5.69 Å². The van der Waals surface area contributed by atoms with E-state index in [1.54, 1.807) is 20.8 Å². The van der Waals surface area contributed by atoms with Crippen molar-refractivity contribution in [2.75, 3.05) is 14.2 Å². The predicted molar refractivity (Wildman–Crippen MR) is 94.5 cm³/mol. The van der Waals surface area contributed by atoms with Gasteiger partial charge in [0.1, 0.15) is 17.3 Å². The van der Waals surface area contributed by atoms with Crippen LogP contribution in [0.5, 0.6) is 5.75 Å². The Morgan fingerprint density at radius 3 is 2.26 bits per heavy atom. The van der Waals surface area contributed by atoms with Crippen LogP contribution >= 0.6 is 0 Å². The first-order valence-corrected chi connectivity index (χ1v) is 8.15. The van der Waals surface area contributed by atoms with Crippen molar-refractivity contribution in [2.24, 2.45) is 0 Å². The molecule has 0 aromatic heterocycles. The highest BCUT2D eigenvalue weighted by Crippen LogP contribution is 2.33. The van der Waals surface area contributed by atoms with Crippen LogP contribution in [0, 0.1) is 10.1 Å². The van der Waals surface area contributed by atoms with E-state index in [9.17, 15) is 24.5 Å². The fourth-order valence-corrected chi connectivity index (χ4v) is 2.32. The Kier molecular flexibility index (Phi) is 7.45. The number of rotatable bonds is 8. The predicted octanol–water partition coefficient (Wildman–Crippen LogP) is 2.55. The summed E-state index contributed by atoms with van der Waals surface area (Å²) in [6.07, 6.45) is -0.586. The van der Waals surface area contributed by atoms with Crippen molar-refractivity contribution in [1.82, 2.24) is 0 Å². The second-order valence-corrected chi connectivity index (χ2v) is 6.69. The van der Waals surface area contributed by atoms with E-state index < -0.39 is 39.9 Å². The number of ether oxygens (including phenoxy) is 3. The normalized spacial score (nSPS) is 12.0. The Morgan fingerprint density at radius 1 is 1.15 bits per heavy atom. The maximum Gasteiger partial charge on any atom is 0.321 e. The molecule has 0 saturated carbocycles. The third-order valence-corrected chi connectivity index (χ3v) is 3.51. The zero-order chi connectivity index (χ0) is 20.8. The molecule has 9 heteroatoms. The lowest BCUT2D eigenvalue weighted by molar-refractivity contribution is -0.385. The molecule has 148 valence electrons. The summed E-state index contributed by atoms with van der Waals surface area (Å²) in [5, 5.41) is 11.4. The molecule has 0 saturated heterocycles. The minimum absolute atomic E-state index is 0.150. The van der Waals surface area contributed by atoms with Gasteiger partial charge >= 0.3 is 11.9 Å². The Labute approximate surface area is 156 Å². The number of ketones is 1. The molecule has 1 unspecified atom stereocenters. The van der Waals surface area contributed by atoms with Gasteiger partial charge in [0.15, 0.2) is 5.78 Å². The van der Waals surface area contributed by atoms with E-state index in [2.05, 4.69) is 4.74 Å². The number of esters is 2. The van der Waals surface area contributed by atoms with Gasteiger partial charge in [0.2, 0.25) is 0 Å². The Bertz CT molecular complexity index is 735. The highest BCUT2D eigenvalue weighted by Gasteiger charge is 2.37. The van der Waals surface area contributed by atoms with Crippen molar-refractivity contribution in [3.8, 4) is 5.75 Å². The number of hydrogen-bond acceptors (Lipinski definition) is 8. The van der Waals surface area contributed by atoms with E-state index >= 15 is 0 Å². The first-order chi connectivity index (χ1) is 12.5. The van der Waals surface area contributed by atoms with Crippen LogP contribution in [0.25, 0.3) is 0 Å². The van der Waals surface area contributed by atoms with Crippen LogP contribution in [-0.4, -0.2) is 42.5 Å². The largest absolute Gasteiger partial charge is 0.497 e. The minimum Gasteiger partial charge on any atom is -0.497 e. The fraction of sp³-hybridized carbons (Fsp3) is 0.500. The van der Waals surface area contributed by atoms with Gasteiger partial charge in [-0.05, 0) is 32.9 Å². The molecule has 0 aliphatic rings. The average molecular weight is 381 g/mol. The second-order valence-electron chi connectivity index (χ2n) is 6.69. The number of benzene rings is 1. The van der Waals surface area contributed by atoms with Crippen LogP contribution in [-0.2, 0) is 23.9 Å². The summed E-state index contributed by atoms with van der Waals surface area (Å²) in [5.74, 6) is -3.58. The van der Waals surface area contributed by atoms with Crippen molar-refractivity contribution in [1.29, 1.82) is 0 Å². The number of hydrogen-bond donors (Lipinski definition) is 0. The average Bonchev–Trinajstić information content (AvgIpc) is 2.57. The topological polar surface area (TPSA) is 122 Å². The quantitative estimate of drug-likeness (QED) is 0.291. The molecule has 0 radical (unpaired) electrons. The van der Waals surface area contributed by atoms with Gasteiger partial charge in [0.05, 0.1) is 31.1 Å². The monoisotopic (exact) mass is 381 g/mol. The number of nitrogens with zero attached hydrogens (tertiary/aromatic N) is 1. The van der Waals surface area contributed by atoms with Gasteiger partial charge in [-0.2, -0.15) is 0 Å². The zero-order valence-electron chi connectivity index (χ0n) is 15.9. The maximum atomic E-state index is 12.7. The lowest BCUT2D eigenvalue weighted by Gasteiger charge is -2.23. The molecule has 1 rings (SSSR count). The van der Waals surface area contributed by atoms with Crippen molar-refractivity contribution >= 4 is 23.4 Å². The van der Waals surface area contributed by atoms with Crippen molar-refractivity contribution in [2.45, 2.75) is 45.1 Å². The standard InChI is InChI=1S/C18H23NO8/c1-18(2,3)27-17(22)16(14(20)8-9-15(21)26-5)12-10-11(25-4)6-7-13(12)19(23)24/h6-7,10,16H,8-9H2,1-5H3. The number of Topliss-reactive ketones (excluding diaryl/α,β-unsaturated/α-hetero) is 1. The summed E-state index contributed by atoms with van der Waals surface area (Å²) in [4.78, 5) is 47.4. The van der Waals surface area contributed by atoms with Crippen LogP contribution < -0.4 is 4.74 Å². The van der Waals surface area contributed by atoms with Crippen LogP contribution in [0.15, 0.2) is 18.2 Å². The van der Waals surface area contributed by atoms with E-state index in [1.165, 1.54) is 26.4 Å². The summed E-state index contributed by atoms with van der Waals surface area (Å²) in [7, 11) is 2.53. The lowest BCUT2D eigenvalue weighted by Crippen LogP contribution is -2.32. The number of carbonyl (C=O) groups is 3. The van der Waals surface area contributed by atoms with E-state index in [4.69, 9.17) is 9.47 Å². The van der Waals surface area contributed by atoms with Gasteiger partial charge in [-0.25, -0.2) is 0 Å². The van der Waals surface area contributed by atoms with E-state index in [0.29, 0.717) is 0 Å². The third kappa shape index (κ3) is 6.36. The molecule has 27 heavy (non-hydrogen) atoms.